The predicted molar refractivity (Wildman–Crippen MR) is 60.6 cm³/mol. The van der Waals surface area contributed by atoms with E-state index in [1.807, 2.05) is 0 Å². The van der Waals surface area contributed by atoms with Crippen LogP contribution >= 0.6 is 0 Å². The van der Waals surface area contributed by atoms with Crippen LogP contribution < -0.4 is 0 Å². The molecular weight excluding hydrogens is 188 g/mol. The summed E-state index contributed by atoms with van der Waals surface area (Å²) in [6.07, 6.45) is 4.81. The largest absolute Gasteiger partial charge is 0.350 e. The van der Waals surface area contributed by atoms with Crippen LogP contribution in [0.2, 0.25) is 0 Å². The van der Waals surface area contributed by atoms with Gasteiger partial charge in [-0.25, -0.2) is 0 Å². The molecule has 0 aromatic carbocycles. The predicted octanol–water partition coefficient (Wildman–Crippen LogP) is 3.35. The van der Waals surface area contributed by atoms with Gasteiger partial charge in [-0.05, 0) is 31.1 Å². The quantitative estimate of drug-likeness (QED) is 0.613. The SMILES string of the molecule is CC1CC(C)(C)CC2(C1)OCCC(C)O2. The van der Waals surface area contributed by atoms with Gasteiger partial charge in [0.15, 0.2) is 5.79 Å². The number of rotatable bonds is 0. The Labute approximate surface area is 93.3 Å². The molecule has 15 heavy (non-hydrogen) atoms. The Kier molecular flexibility index (Phi) is 2.85. The van der Waals surface area contributed by atoms with E-state index < -0.39 is 0 Å². The van der Waals surface area contributed by atoms with Gasteiger partial charge in [0.1, 0.15) is 0 Å². The summed E-state index contributed by atoms with van der Waals surface area (Å²) in [5.41, 5.74) is 0.356. The van der Waals surface area contributed by atoms with Crippen molar-refractivity contribution in [3.63, 3.8) is 0 Å². The van der Waals surface area contributed by atoms with Gasteiger partial charge in [0.05, 0.1) is 12.7 Å². The molecule has 1 saturated carbocycles. The molecule has 0 amide bonds. The summed E-state index contributed by atoms with van der Waals surface area (Å²) in [5, 5.41) is 0. The summed E-state index contributed by atoms with van der Waals surface area (Å²) >= 11 is 0. The van der Waals surface area contributed by atoms with Crippen molar-refractivity contribution in [1.29, 1.82) is 0 Å². The summed E-state index contributed by atoms with van der Waals surface area (Å²) in [5.74, 6) is 0.442. The molecule has 1 heterocycles. The van der Waals surface area contributed by atoms with Crippen LogP contribution in [-0.4, -0.2) is 18.5 Å². The molecule has 2 rings (SSSR count). The molecule has 0 aromatic rings. The first-order valence-corrected chi connectivity index (χ1v) is 6.23. The summed E-state index contributed by atoms with van der Waals surface area (Å²) in [7, 11) is 0. The van der Waals surface area contributed by atoms with Gasteiger partial charge in [0.2, 0.25) is 0 Å². The molecule has 3 unspecified atom stereocenters. The van der Waals surface area contributed by atoms with E-state index in [0.29, 0.717) is 17.4 Å². The minimum atomic E-state index is -0.265. The third-order valence-corrected chi connectivity index (χ3v) is 3.61. The van der Waals surface area contributed by atoms with Gasteiger partial charge in [0, 0.05) is 12.8 Å². The first-order chi connectivity index (χ1) is 6.91. The van der Waals surface area contributed by atoms with Crippen LogP contribution in [0.3, 0.4) is 0 Å². The summed E-state index contributed by atoms with van der Waals surface area (Å²) in [4.78, 5) is 0. The van der Waals surface area contributed by atoms with E-state index >= 15 is 0 Å². The lowest BCUT2D eigenvalue weighted by Gasteiger charge is -2.50. The van der Waals surface area contributed by atoms with E-state index in [4.69, 9.17) is 9.47 Å². The highest BCUT2D eigenvalue weighted by atomic mass is 16.7. The zero-order chi connectivity index (χ0) is 11.1. The lowest BCUT2D eigenvalue weighted by molar-refractivity contribution is -0.318. The van der Waals surface area contributed by atoms with Crippen molar-refractivity contribution in [3.8, 4) is 0 Å². The average Bonchev–Trinajstić information content (AvgIpc) is 1.97. The molecule has 2 aliphatic rings. The maximum Gasteiger partial charge on any atom is 0.169 e. The molecule has 2 fully saturated rings. The third-order valence-electron chi connectivity index (χ3n) is 3.61. The standard InChI is InChI=1S/C13H24O2/c1-10-7-12(3,4)9-13(8-10)14-6-5-11(2)15-13/h10-11H,5-9H2,1-4H3. The van der Waals surface area contributed by atoms with Gasteiger partial charge in [-0.1, -0.05) is 20.8 Å². The highest BCUT2D eigenvalue weighted by molar-refractivity contribution is 4.90. The number of ether oxygens (including phenoxy) is 2. The molecule has 0 bridgehead atoms. The fourth-order valence-electron chi connectivity index (χ4n) is 3.49. The molecule has 1 aliphatic carbocycles. The van der Waals surface area contributed by atoms with Gasteiger partial charge < -0.3 is 9.47 Å². The van der Waals surface area contributed by atoms with Crippen molar-refractivity contribution in [2.45, 2.75) is 65.3 Å². The van der Waals surface area contributed by atoms with Crippen LogP contribution in [0.5, 0.6) is 0 Å². The Balaban J connectivity index is 2.12. The highest BCUT2D eigenvalue weighted by Crippen LogP contribution is 2.47. The molecule has 1 aliphatic heterocycles. The molecule has 0 aromatic heterocycles. The molecule has 2 heteroatoms. The van der Waals surface area contributed by atoms with Gasteiger partial charge >= 0.3 is 0 Å². The van der Waals surface area contributed by atoms with E-state index in [1.54, 1.807) is 0 Å². The maximum absolute atomic E-state index is 6.10. The highest BCUT2D eigenvalue weighted by Gasteiger charge is 2.46. The Bertz CT molecular complexity index is 233. The zero-order valence-electron chi connectivity index (χ0n) is 10.5. The van der Waals surface area contributed by atoms with E-state index in [-0.39, 0.29) is 5.79 Å². The van der Waals surface area contributed by atoms with Crippen molar-refractivity contribution in [2.24, 2.45) is 11.3 Å². The minimum absolute atomic E-state index is 0.265. The van der Waals surface area contributed by atoms with E-state index in [1.165, 1.54) is 6.42 Å². The molecule has 3 atom stereocenters. The van der Waals surface area contributed by atoms with Crippen molar-refractivity contribution < 1.29 is 9.47 Å². The van der Waals surface area contributed by atoms with Crippen LogP contribution in [0.25, 0.3) is 0 Å². The van der Waals surface area contributed by atoms with Gasteiger partial charge in [0.25, 0.3) is 0 Å². The van der Waals surface area contributed by atoms with Gasteiger partial charge in [-0.3, -0.25) is 0 Å². The maximum atomic E-state index is 6.10. The summed E-state index contributed by atoms with van der Waals surface area (Å²) in [6.45, 7) is 10.0. The van der Waals surface area contributed by atoms with Crippen LogP contribution in [0, 0.1) is 11.3 Å². The van der Waals surface area contributed by atoms with Crippen molar-refractivity contribution >= 4 is 0 Å². The fraction of sp³-hybridized carbons (Fsp3) is 1.00. The topological polar surface area (TPSA) is 18.5 Å². The average molecular weight is 212 g/mol. The molecule has 88 valence electrons. The minimum Gasteiger partial charge on any atom is -0.350 e. The van der Waals surface area contributed by atoms with Crippen molar-refractivity contribution in [2.75, 3.05) is 6.61 Å². The molecule has 1 saturated heterocycles. The van der Waals surface area contributed by atoms with Crippen molar-refractivity contribution in [1.82, 2.24) is 0 Å². The molecule has 0 N–H and O–H groups in total. The normalized spacial score (nSPS) is 45.6. The zero-order valence-corrected chi connectivity index (χ0v) is 10.5. The van der Waals surface area contributed by atoms with E-state index in [0.717, 1.165) is 25.9 Å². The van der Waals surface area contributed by atoms with Crippen molar-refractivity contribution in [3.05, 3.63) is 0 Å². The fourth-order valence-corrected chi connectivity index (χ4v) is 3.49. The van der Waals surface area contributed by atoms with Crippen LogP contribution in [0.4, 0.5) is 0 Å². The van der Waals surface area contributed by atoms with E-state index in [9.17, 15) is 0 Å². The molecule has 0 radical (unpaired) electrons. The van der Waals surface area contributed by atoms with Gasteiger partial charge in [-0.2, -0.15) is 0 Å². The lowest BCUT2D eigenvalue weighted by Crippen LogP contribution is -2.50. The second-order valence-corrected chi connectivity index (χ2v) is 6.33. The first kappa shape index (κ1) is 11.4. The van der Waals surface area contributed by atoms with Crippen LogP contribution in [0.15, 0.2) is 0 Å². The first-order valence-electron chi connectivity index (χ1n) is 6.23. The summed E-state index contributed by atoms with van der Waals surface area (Å²) in [6, 6.07) is 0. The Morgan fingerprint density at radius 2 is 1.87 bits per heavy atom. The smallest absolute Gasteiger partial charge is 0.169 e. The summed E-state index contributed by atoms with van der Waals surface area (Å²) < 4.78 is 12.1. The second-order valence-electron chi connectivity index (χ2n) is 6.33. The Hall–Kier alpha value is -0.0800. The van der Waals surface area contributed by atoms with E-state index in [2.05, 4.69) is 27.7 Å². The van der Waals surface area contributed by atoms with Gasteiger partial charge in [-0.15, -0.1) is 0 Å². The Morgan fingerprint density at radius 3 is 2.47 bits per heavy atom. The third kappa shape index (κ3) is 2.54. The van der Waals surface area contributed by atoms with Crippen LogP contribution in [-0.2, 0) is 9.47 Å². The van der Waals surface area contributed by atoms with Crippen LogP contribution in [0.1, 0.15) is 53.4 Å². The Morgan fingerprint density at radius 1 is 1.13 bits per heavy atom. The second kappa shape index (κ2) is 3.74. The monoisotopic (exact) mass is 212 g/mol. The number of hydrogen-bond acceptors (Lipinski definition) is 2. The number of hydrogen-bond donors (Lipinski definition) is 0. The molecular formula is C13H24O2. The lowest BCUT2D eigenvalue weighted by atomic mass is 9.69. The molecule has 2 nitrogen and oxygen atoms in total. The molecule has 1 spiro atoms.